The molecule has 0 heterocycles. The van der Waals surface area contributed by atoms with E-state index in [9.17, 15) is 9.59 Å². The van der Waals surface area contributed by atoms with Crippen molar-refractivity contribution in [1.29, 1.82) is 0 Å². The second kappa shape index (κ2) is 7.49. The van der Waals surface area contributed by atoms with Crippen molar-refractivity contribution in [3.63, 3.8) is 0 Å². The van der Waals surface area contributed by atoms with E-state index in [0.717, 1.165) is 5.56 Å². The van der Waals surface area contributed by atoms with Crippen molar-refractivity contribution in [1.82, 2.24) is 0 Å². The fourth-order valence-electron chi connectivity index (χ4n) is 1.88. The van der Waals surface area contributed by atoms with Gasteiger partial charge >= 0.3 is 5.97 Å². The van der Waals surface area contributed by atoms with Crippen LogP contribution in [0.15, 0.2) is 42.5 Å². The van der Waals surface area contributed by atoms with Gasteiger partial charge in [0.05, 0.1) is 16.3 Å². The Hall–Kier alpha value is -2.04. The minimum atomic E-state index is -0.963. The summed E-state index contributed by atoms with van der Waals surface area (Å²) in [7, 11) is 0. The molecule has 0 radical (unpaired) electrons. The van der Waals surface area contributed by atoms with Crippen molar-refractivity contribution in [2.45, 2.75) is 20.0 Å². The number of rotatable bonds is 4. The number of hydrogen-bond donors (Lipinski definition) is 1. The zero-order valence-corrected chi connectivity index (χ0v) is 14.1. The molecule has 4 nitrogen and oxygen atoms in total. The molecule has 2 rings (SSSR count). The number of hydrogen-bond acceptors (Lipinski definition) is 3. The lowest BCUT2D eigenvalue weighted by atomic mass is 10.1. The third kappa shape index (κ3) is 4.71. The molecule has 0 bridgehead atoms. The average Bonchev–Trinajstić information content (AvgIpc) is 2.49. The van der Waals surface area contributed by atoms with Crippen LogP contribution in [0.4, 0.5) is 5.69 Å². The summed E-state index contributed by atoms with van der Waals surface area (Å²) >= 11 is 11.8. The second-order valence-electron chi connectivity index (χ2n) is 5.03. The number of halogens is 2. The molecule has 2 aromatic carbocycles. The largest absolute Gasteiger partial charge is 0.449 e. The molecule has 6 heteroatoms. The van der Waals surface area contributed by atoms with Gasteiger partial charge in [0.2, 0.25) is 0 Å². The summed E-state index contributed by atoms with van der Waals surface area (Å²) in [6, 6.07) is 11.7. The molecule has 1 atom stereocenters. The number of amides is 1. The van der Waals surface area contributed by atoms with Gasteiger partial charge in [-0.15, -0.1) is 0 Å². The van der Waals surface area contributed by atoms with Crippen molar-refractivity contribution in [3.8, 4) is 0 Å². The maximum absolute atomic E-state index is 12.1. The maximum Gasteiger partial charge on any atom is 0.338 e. The molecule has 1 N–H and O–H groups in total. The highest BCUT2D eigenvalue weighted by atomic mass is 35.5. The monoisotopic (exact) mass is 351 g/mol. The van der Waals surface area contributed by atoms with Gasteiger partial charge in [-0.1, -0.05) is 40.9 Å². The predicted molar refractivity (Wildman–Crippen MR) is 91.1 cm³/mol. The number of carbonyl (C=O) groups excluding carboxylic acids is 2. The first kappa shape index (κ1) is 17.3. The summed E-state index contributed by atoms with van der Waals surface area (Å²) in [4.78, 5) is 24.1. The van der Waals surface area contributed by atoms with E-state index in [0.29, 0.717) is 21.3 Å². The van der Waals surface area contributed by atoms with E-state index in [1.807, 2.05) is 13.0 Å². The predicted octanol–water partition coefficient (Wildman–Crippen LogP) is 4.49. The molecule has 0 aromatic heterocycles. The summed E-state index contributed by atoms with van der Waals surface area (Å²) < 4.78 is 5.17. The van der Waals surface area contributed by atoms with Crippen molar-refractivity contribution < 1.29 is 14.3 Å². The molecule has 0 aliphatic heterocycles. The number of esters is 1. The van der Waals surface area contributed by atoms with E-state index in [1.165, 1.54) is 13.0 Å². The van der Waals surface area contributed by atoms with Crippen LogP contribution in [0, 0.1) is 6.92 Å². The number of ether oxygens (including phenoxy) is 1. The smallest absolute Gasteiger partial charge is 0.338 e. The Morgan fingerprint density at radius 3 is 2.52 bits per heavy atom. The van der Waals surface area contributed by atoms with E-state index in [4.69, 9.17) is 27.9 Å². The summed E-state index contributed by atoms with van der Waals surface area (Å²) in [5.41, 5.74) is 1.73. The molecule has 23 heavy (non-hydrogen) atoms. The van der Waals surface area contributed by atoms with Crippen molar-refractivity contribution >= 4 is 40.8 Å². The summed E-state index contributed by atoms with van der Waals surface area (Å²) in [5.74, 6) is -1.03. The number of anilines is 1. The zero-order valence-electron chi connectivity index (χ0n) is 12.6. The van der Waals surface area contributed by atoms with Gasteiger partial charge in [0, 0.05) is 5.02 Å². The van der Waals surface area contributed by atoms with Gasteiger partial charge in [-0.05, 0) is 44.2 Å². The van der Waals surface area contributed by atoms with Crippen LogP contribution >= 0.6 is 23.2 Å². The lowest BCUT2D eigenvalue weighted by Crippen LogP contribution is -2.30. The van der Waals surface area contributed by atoms with Crippen molar-refractivity contribution in [3.05, 3.63) is 63.6 Å². The number of carbonyl (C=O) groups is 2. The molecule has 1 amide bonds. The minimum absolute atomic E-state index is 0.308. The number of benzene rings is 2. The van der Waals surface area contributed by atoms with Crippen LogP contribution in [0.5, 0.6) is 0 Å². The Bertz CT molecular complexity index is 746. The van der Waals surface area contributed by atoms with Crippen LogP contribution in [0.2, 0.25) is 10.0 Å². The van der Waals surface area contributed by atoms with E-state index in [1.54, 1.807) is 30.3 Å². The molecule has 0 aliphatic rings. The first-order valence-corrected chi connectivity index (χ1v) is 7.66. The summed E-state index contributed by atoms with van der Waals surface area (Å²) in [6.45, 7) is 3.36. The fourth-order valence-corrected chi connectivity index (χ4v) is 2.34. The molecule has 0 saturated heterocycles. The molecular weight excluding hydrogens is 337 g/mol. The third-order valence-corrected chi connectivity index (χ3v) is 3.64. The van der Waals surface area contributed by atoms with E-state index in [-0.39, 0.29) is 0 Å². The molecule has 0 saturated carbocycles. The zero-order chi connectivity index (χ0) is 17.0. The Labute approximate surface area is 144 Å². The summed E-state index contributed by atoms with van der Waals surface area (Å²) in [5, 5.41) is 3.37. The fraction of sp³-hybridized carbons (Fsp3) is 0.176. The topological polar surface area (TPSA) is 55.4 Å². The summed E-state index contributed by atoms with van der Waals surface area (Å²) in [6.07, 6.45) is -0.963. The van der Waals surface area contributed by atoms with Gasteiger partial charge in [-0.25, -0.2) is 4.79 Å². The lowest BCUT2D eigenvalue weighted by molar-refractivity contribution is -0.123. The standard InChI is InChI=1S/C17H15Cl2NO3/c1-10-4-3-5-12(8-10)17(22)23-11(2)16(21)20-15-7-6-13(18)9-14(15)19/h3-9,11H,1-2H3,(H,20,21)/t11-/m1/s1. The quantitative estimate of drug-likeness (QED) is 0.825. The highest BCUT2D eigenvalue weighted by molar-refractivity contribution is 6.36. The Morgan fingerprint density at radius 2 is 1.87 bits per heavy atom. The number of nitrogens with one attached hydrogen (secondary N) is 1. The molecule has 120 valence electrons. The van der Waals surface area contributed by atoms with E-state index < -0.39 is 18.0 Å². The molecule has 0 aliphatic carbocycles. The SMILES string of the molecule is Cc1cccc(C(=O)O[C@H](C)C(=O)Nc2ccc(Cl)cc2Cl)c1. The van der Waals surface area contributed by atoms with E-state index in [2.05, 4.69) is 5.32 Å². The van der Waals surface area contributed by atoms with Gasteiger partial charge < -0.3 is 10.1 Å². The van der Waals surface area contributed by atoms with Crippen LogP contribution in [0.3, 0.4) is 0 Å². The van der Waals surface area contributed by atoms with Gasteiger partial charge in [0.1, 0.15) is 0 Å². The first-order valence-electron chi connectivity index (χ1n) is 6.90. The first-order chi connectivity index (χ1) is 10.9. The Kier molecular flexibility index (Phi) is 5.64. The molecule has 0 spiro atoms. The van der Waals surface area contributed by atoms with E-state index >= 15 is 0 Å². The second-order valence-corrected chi connectivity index (χ2v) is 5.87. The van der Waals surface area contributed by atoms with Crippen LogP contribution in [-0.4, -0.2) is 18.0 Å². The molecule has 0 fully saturated rings. The minimum Gasteiger partial charge on any atom is -0.449 e. The van der Waals surface area contributed by atoms with Crippen LogP contribution in [0.25, 0.3) is 0 Å². The Morgan fingerprint density at radius 1 is 1.13 bits per heavy atom. The molecule has 2 aromatic rings. The third-order valence-electron chi connectivity index (χ3n) is 3.10. The van der Waals surface area contributed by atoms with Gasteiger partial charge in [0.15, 0.2) is 6.10 Å². The van der Waals surface area contributed by atoms with Crippen LogP contribution < -0.4 is 5.32 Å². The highest BCUT2D eigenvalue weighted by Crippen LogP contribution is 2.25. The van der Waals surface area contributed by atoms with Gasteiger partial charge in [0.25, 0.3) is 5.91 Å². The molecular formula is C17H15Cl2NO3. The van der Waals surface area contributed by atoms with Crippen molar-refractivity contribution in [2.75, 3.05) is 5.32 Å². The van der Waals surface area contributed by atoms with Crippen molar-refractivity contribution in [2.24, 2.45) is 0 Å². The normalized spacial score (nSPS) is 11.7. The lowest BCUT2D eigenvalue weighted by Gasteiger charge is -2.14. The van der Waals surface area contributed by atoms with Crippen LogP contribution in [-0.2, 0) is 9.53 Å². The maximum atomic E-state index is 12.1. The van der Waals surface area contributed by atoms with Gasteiger partial charge in [-0.2, -0.15) is 0 Å². The molecule has 0 unspecified atom stereocenters. The average molecular weight is 352 g/mol. The Balaban J connectivity index is 2.01. The number of aryl methyl sites for hydroxylation is 1. The highest BCUT2D eigenvalue weighted by Gasteiger charge is 2.19. The van der Waals surface area contributed by atoms with Crippen LogP contribution in [0.1, 0.15) is 22.8 Å². The van der Waals surface area contributed by atoms with Gasteiger partial charge in [-0.3, -0.25) is 4.79 Å².